The van der Waals surface area contributed by atoms with Crippen LogP contribution in [-0.2, 0) is 46.4 Å². The minimum absolute atomic E-state index is 0.221. The average Bonchev–Trinajstić information content (AvgIpc) is 2.60. The summed E-state index contributed by atoms with van der Waals surface area (Å²) in [7, 11) is -5.32. The van der Waals surface area contributed by atoms with E-state index in [0.717, 1.165) is 10.8 Å². The quantitative estimate of drug-likeness (QED) is 0.557. The van der Waals surface area contributed by atoms with E-state index in [1.807, 2.05) is 0 Å². The van der Waals surface area contributed by atoms with E-state index in [-0.39, 0.29) is 18.3 Å². The van der Waals surface area contributed by atoms with E-state index in [9.17, 15) is 26.4 Å². The van der Waals surface area contributed by atoms with Crippen molar-refractivity contribution < 1.29 is 16.8 Å². The van der Waals surface area contributed by atoms with Gasteiger partial charge in [-0.25, -0.2) is 31.1 Å². The van der Waals surface area contributed by atoms with Gasteiger partial charge in [0, 0.05) is 32.9 Å². The van der Waals surface area contributed by atoms with Crippen molar-refractivity contribution in [3.05, 3.63) is 62.4 Å². The maximum absolute atomic E-state index is 12.6. The van der Waals surface area contributed by atoms with E-state index >= 15 is 0 Å². The molecule has 0 saturated heterocycles. The molecule has 1 aromatic heterocycles. The van der Waals surface area contributed by atoms with Crippen LogP contribution < -0.4 is 20.7 Å². The summed E-state index contributed by atoms with van der Waals surface area (Å²) >= 11 is 0. The summed E-state index contributed by atoms with van der Waals surface area (Å²) in [4.78, 5) is 23.4. The Morgan fingerprint density at radius 1 is 1.00 bits per heavy atom. The predicted octanol–water partition coefficient (Wildman–Crippen LogP) is -0.610. The smallest absolute Gasteiger partial charge is 0.302 e. The SMILES string of the molecule is CC(C)NS(=O)(=O)Cc1ccccc1CNS(=O)(=O)c1cn(C)c(=O)n(C)c1=O. The molecule has 0 radical (unpaired) electrons. The summed E-state index contributed by atoms with van der Waals surface area (Å²) in [6.07, 6.45) is 0.954. The van der Waals surface area contributed by atoms with Crippen molar-refractivity contribution in [2.45, 2.75) is 37.1 Å². The van der Waals surface area contributed by atoms with Crippen molar-refractivity contribution in [2.75, 3.05) is 0 Å². The largest absolute Gasteiger partial charge is 0.330 e. The molecule has 0 atom stereocenters. The zero-order valence-electron chi connectivity index (χ0n) is 16.5. The normalized spacial score (nSPS) is 12.4. The van der Waals surface area contributed by atoms with Crippen LogP contribution in [-0.4, -0.2) is 32.0 Å². The lowest BCUT2D eigenvalue weighted by atomic mass is 10.1. The van der Waals surface area contributed by atoms with Crippen LogP contribution >= 0.6 is 0 Å². The van der Waals surface area contributed by atoms with Crippen LogP contribution in [0.5, 0.6) is 0 Å². The molecule has 0 saturated carbocycles. The van der Waals surface area contributed by atoms with Crippen LogP contribution in [0.3, 0.4) is 0 Å². The molecular weight excluding hydrogens is 420 g/mol. The van der Waals surface area contributed by atoms with Gasteiger partial charge in [-0.3, -0.25) is 9.36 Å². The molecule has 2 aromatic rings. The average molecular weight is 445 g/mol. The first-order valence-electron chi connectivity index (χ1n) is 8.67. The van der Waals surface area contributed by atoms with Crippen LogP contribution in [0.25, 0.3) is 0 Å². The molecule has 0 bridgehead atoms. The van der Waals surface area contributed by atoms with E-state index in [0.29, 0.717) is 15.7 Å². The molecule has 0 spiro atoms. The number of aromatic nitrogens is 2. The second-order valence-corrected chi connectivity index (χ2v) is 10.4. The van der Waals surface area contributed by atoms with E-state index in [1.54, 1.807) is 38.1 Å². The van der Waals surface area contributed by atoms with Gasteiger partial charge in [-0.2, -0.15) is 0 Å². The predicted molar refractivity (Wildman–Crippen MR) is 108 cm³/mol. The van der Waals surface area contributed by atoms with Crippen molar-refractivity contribution in [1.82, 2.24) is 18.6 Å². The highest BCUT2D eigenvalue weighted by Gasteiger charge is 2.22. The Labute approximate surface area is 169 Å². The summed E-state index contributed by atoms with van der Waals surface area (Å²) in [5, 5.41) is 0. The third-order valence-corrected chi connectivity index (χ3v) is 6.94. The summed E-state index contributed by atoms with van der Waals surface area (Å²) in [5.74, 6) is -0.315. The second kappa shape index (κ2) is 8.61. The molecule has 0 aliphatic carbocycles. The summed E-state index contributed by atoms with van der Waals surface area (Å²) < 4.78 is 56.1. The Bertz CT molecular complexity index is 1230. The molecule has 160 valence electrons. The molecule has 12 heteroatoms. The third kappa shape index (κ3) is 5.63. The molecule has 2 N–H and O–H groups in total. The Morgan fingerprint density at radius 2 is 1.59 bits per heavy atom. The zero-order chi connectivity index (χ0) is 22.0. The van der Waals surface area contributed by atoms with Gasteiger partial charge >= 0.3 is 5.69 Å². The highest BCUT2D eigenvalue weighted by atomic mass is 32.2. The fourth-order valence-corrected chi connectivity index (χ4v) is 5.34. The maximum Gasteiger partial charge on any atom is 0.330 e. The van der Waals surface area contributed by atoms with Crippen molar-refractivity contribution >= 4 is 20.0 Å². The van der Waals surface area contributed by atoms with Crippen molar-refractivity contribution in [3.63, 3.8) is 0 Å². The number of hydrogen-bond acceptors (Lipinski definition) is 6. The van der Waals surface area contributed by atoms with Crippen molar-refractivity contribution in [3.8, 4) is 0 Å². The Balaban J connectivity index is 2.31. The van der Waals surface area contributed by atoms with Gasteiger partial charge in [0.1, 0.15) is 0 Å². The van der Waals surface area contributed by atoms with E-state index in [4.69, 9.17) is 0 Å². The minimum Gasteiger partial charge on any atom is -0.302 e. The molecule has 0 aliphatic heterocycles. The number of benzene rings is 1. The van der Waals surface area contributed by atoms with Crippen LogP contribution in [0, 0.1) is 0 Å². The van der Waals surface area contributed by atoms with Crippen LogP contribution in [0.4, 0.5) is 0 Å². The van der Waals surface area contributed by atoms with Gasteiger partial charge in [-0.15, -0.1) is 0 Å². The van der Waals surface area contributed by atoms with Gasteiger partial charge in [-0.1, -0.05) is 24.3 Å². The lowest BCUT2D eigenvalue weighted by Crippen LogP contribution is -2.41. The van der Waals surface area contributed by atoms with E-state index < -0.39 is 36.2 Å². The molecular formula is C17H24N4O6S2. The minimum atomic E-state index is -4.24. The first-order chi connectivity index (χ1) is 13.3. The first kappa shape index (κ1) is 23.0. The number of hydrogen-bond donors (Lipinski definition) is 2. The molecule has 1 aromatic carbocycles. The van der Waals surface area contributed by atoms with Crippen LogP contribution in [0.1, 0.15) is 25.0 Å². The Kier molecular flexibility index (Phi) is 6.83. The van der Waals surface area contributed by atoms with Gasteiger partial charge in [0.05, 0.1) is 5.75 Å². The fraction of sp³-hybridized carbons (Fsp3) is 0.412. The van der Waals surface area contributed by atoms with Crippen molar-refractivity contribution in [1.29, 1.82) is 0 Å². The second-order valence-electron chi connectivity index (χ2n) is 6.88. The number of sulfonamides is 2. The van der Waals surface area contributed by atoms with Gasteiger partial charge < -0.3 is 4.57 Å². The maximum atomic E-state index is 12.6. The third-order valence-electron chi connectivity index (χ3n) is 4.04. The Morgan fingerprint density at radius 3 is 2.17 bits per heavy atom. The van der Waals surface area contributed by atoms with Gasteiger partial charge in [0.25, 0.3) is 5.56 Å². The number of rotatable bonds is 8. The highest BCUT2D eigenvalue weighted by Crippen LogP contribution is 2.13. The number of aryl methyl sites for hydroxylation is 1. The van der Waals surface area contributed by atoms with Crippen LogP contribution in [0.15, 0.2) is 44.9 Å². The van der Waals surface area contributed by atoms with Gasteiger partial charge in [-0.05, 0) is 25.0 Å². The number of nitrogens with zero attached hydrogens (tertiary/aromatic N) is 2. The molecule has 0 fully saturated rings. The highest BCUT2D eigenvalue weighted by molar-refractivity contribution is 7.89. The van der Waals surface area contributed by atoms with Gasteiger partial charge in [0.15, 0.2) is 4.90 Å². The lowest BCUT2D eigenvalue weighted by molar-refractivity contribution is 0.568. The summed E-state index contributed by atoms with van der Waals surface area (Å²) in [6, 6.07) is 6.23. The van der Waals surface area contributed by atoms with E-state index in [1.165, 1.54) is 14.1 Å². The number of nitrogens with one attached hydrogen (secondary N) is 2. The molecule has 29 heavy (non-hydrogen) atoms. The molecule has 0 aliphatic rings. The molecule has 1 heterocycles. The molecule has 2 rings (SSSR count). The first-order valence-corrected chi connectivity index (χ1v) is 11.8. The van der Waals surface area contributed by atoms with E-state index in [2.05, 4.69) is 9.44 Å². The Hall–Kier alpha value is -2.28. The molecule has 10 nitrogen and oxygen atoms in total. The standard InChI is InChI=1S/C17H24N4O6S2/c1-12(2)19-28(24,25)11-14-8-6-5-7-13(14)9-18-29(26,27)15-10-20(3)17(23)21(4)16(15)22/h5-8,10,12,18-19H,9,11H2,1-4H3. The van der Waals surface area contributed by atoms with Crippen LogP contribution in [0.2, 0.25) is 0 Å². The lowest BCUT2D eigenvalue weighted by Gasteiger charge is -2.14. The van der Waals surface area contributed by atoms with Gasteiger partial charge in [0.2, 0.25) is 20.0 Å². The topological polar surface area (TPSA) is 136 Å². The molecule has 0 amide bonds. The fourth-order valence-electron chi connectivity index (χ4n) is 2.69. The summed E-state index contributed by atoms with van der Waals surface area (Å²) in [5.41, 5.74) is -0.719. The summed E-state index contributed by atoms with van der Waals surface area (Å²) in [6.45, 7) is 3.18. The van der Waals surface area contributed by atoms with Crippen molar-refractivity contribution in [2.24, 2.45) is 14.1 Å². The zero-order valence-corrected chi connectivity index (χ0v) is 18.2. The molecule has 0 unspecified atom stereocenters. The monoisotopic (exact) mass is 444 g/mol.